The Kier molecular flexibility index (Phi) is 8.37. The normalized spacial score (nSPS) is 13.8. The minimum absolute atomic E-state index is 0.0588. The lowest BCUT2D eigenvalue weighted by Crippen LogP contribution is -2.46. The van der Waals surface area contributed by atoms with Crippen molar-refractivity contribution < 1.29 is 9.72 Å². The zero-order valence-corrected chi connectivity index (χ0v) is 21.4. The average molecular weight is 544 g/mol. The van der Waals surface area contributed by atoms with Gasteiger partial charge in [0.25, 0.3) is 11.6 Å². The number of nitrogens with one attached hydrogen (secondary N) is 2. The molecular formula is C25H23Cl2N5O3S. The molecule has 0 saturated carbocycles. The van der Waals surface area contributed by atoms with Crippen LogP contribution in [0, 0.1) is 10.1 Å². The van der Waals surface area contributed by atoms with Gasteiger partial charge in [0.05, 0.1) is 15.6 Å². The first-order valence-electron chi connectivity index (χ1n) is 11.2. The van der Waals surface area contributed by atoms with Crippen LogP contribution in [0.5, 0.6) is 0 Å². The second kappa shape index (κ2) is 11.7. The first kappa shape index (κ1) is 25.8. The van der Waals surface area contributed by atoms with E-state index in [4.69, 9.17) is 35.4 Å². The molecule has 1 aliphatic heterocycles. The van der Waals surface area contributed by atoms with Gasteiger partial charge in [-0.25, -0.2) is 0 Å². The summed E-state index contributed by atoms with van der Waals surface area (Å²) < 4.78 is 0. The second-order valence-electron chi connectivity index (χ2n) is 8.24. The zero-order chi connectivity index (χ0) is 25.7. The number of halogens is 2. The number of non-ortho nitro benzene ring substituents is 1. The molecular weight excluding hydrogens is 521 g/mol. The fourth-order valence-electron chi connectivity index (χ4n) is 3.95. The average Bonchev–Trinajstić information content (AvgIpc) is 2.86. The molecule has 0 spiro atoms. The molecule has 0 radical (unpaired) electrons. The minimum Gasteiger partial charge on any atom is -0.368 e. The van der Waals surface area contributed by atoms with Crippen molar-refractivity contribution in [1.29, 1.82) is 0 Å². The van der Waals surface area contributed by atoms with Gasteiger partial charge in [-0.05, 0) is 48.1 Å². The summed E-state index contributed by atoms with van der Waals surface area (Å²) in [4.78, 5) is 27.4. The predicted molar refractivity (Wildman–Crippen MR) is 147 cm³/mol. The first-order valence-corrected chi connectivity index (χ1v) is 12.3. The van der Waals surface area contributed by atoms with Gasteiger partial charge in [0.15, 0.2) is 5.11 Å². The van der Waals surface area contributed by atoms with Gasteiger partial charge in [0.1, 0.15) is 0 Å². The third kappa shape index (κ3) is 6.50. The second-order valence-corrected chi connectivity index (χ2v) is 9.46. The van der Waals surface area contributed by atoms with E-state index >= 15 is 0 Å². The first-order chi connectivity index (χ1) is 17.3. The highest BCUT2D eigenvalue weighted by Gasteiger charge is 2.20. The third-order valence-corrected chi connectivity index (χ3v) is 6.69. The van der Waals surface area contributed by atoms with Crippen LogP contribution < -0.4 is 15.5 Å². The Balaban J connectivity index is 1.31. The van der Waals surface area contributed by atoms with Gasteiger partial charge < -0.3 is 10.2 Å². The summed E-state index contributed by atoms with van der Waals surface area (Å²) in [6, 6.07) is 18.8. The van der Waals surface area contributed by atoms with Crippen LogP contribution in [0.1, 0.15) is 15.9 Å². The number of amides is 1. The van der Waals surface area contributed by atoms with E-state index in [-0.39, 0.29) is 16.4 Å². The quantitative estimate of drug-likeness (QED) is 0.246. The summed E-state index contributed by atoms with van der Waals surface area (Å²) in [5.74, 6) is -0.548. The lowest BCUT2D eigenvalue weighted by atomic mass is 10.2. The topological polar surface area (TPSA) is 90.8 Å². The number of anilines is 2. The fourth-order valence-corrected chi connectivity index (χ4v) is 4.66. The molecule has 1 saturated heterocycles. The molecule has 1 fully saturated rings. The van der Waals surface area contributed by atoms with Crippen molar-refractivity contribution in [2.24, 2.45) is 0 Å². The Bertz CT molecular complexity index is 1300. The predicted octanol–water partition coefficient (Wildman–Crippen LogP) is 5.35. The van der Waals surface area contributed by atoms with Crippen LogP contribution in [0.2, 0.25) is 10.0 Å². The standard InChI is InChI=1S/C25H23Cl2N5O3S/c26-21-7-2-1-4-18(21)16-30-10-12-31(13-11-30)23-9-8-19(15-22(23)27)28-25(36)29-24(33)17-5-3-6-20(14-17)32(34)35/h1-9,14-15H,10-13,16H2,(H2,28,29,33,36). The van der Waals surface area contributed by atoms with Crippen molar-refractivity contribution in [3.05, 3.63) is 98.0 Å². The highest BCUT2D eigenvalue weighted by Crippen LogP contribution is 2.30. The van der Waals surface area contributed by atoms with Gasteiger partial charge in [-0.3, -0.25) is 25.1 Å². The maximum absolute atomic E-state index is 12.4. The molecule has 0 aliphatic carbocycles. The van der Waals surface area contributed by atoms with Gasteiger partial charge in [0, 0.05) is 61.1 Å². The van der Waals surface area contributed by atoms with E-state index in [1.165, 1.54) is 24.3 Å². The van der Waals surface area contributed by atoms with Crippen LogP contribution in [0.3, 0.4) is 0 Å². The molecule has 3 aromatic carbocycles. The largest absolute Gasteiger partial charge is 0.368 e. The van der Waals surface area contributed by atoms with Gasteiger partial charge in [-0.1, -0.05) is 47.5 Å². The molecule has 4 rings (SSSR count). The summed E-state index contributed by atoms with van der Waals surface area (Å²) >= 11 is 18.1. The number of hydrogen-bond acceptors (Lipinski definition) is 6. The molecule has 0 unspecified atom stereocenters. The van der Waals surface area contributed by atoms with Crippen LogP contribution in [0.25, 0.3) is 0 Å². The van der Waals surface area contributed by atoms with E-state index in [9.17, 15) is 14.9 Å². The van der Waals surface area contributed by atoms with E-state index < -0.39 is 10.8 Å². The van der Waals surface area contributed by atoms with Crippen molar-refractivity contribution >= 4 is 63.5 Å². The smallest absolute Gasteiger partial charge is 0.270 e. The van der Waals surface area contributed by atoms with E-state index in [2.05, 4.69) is 20.4 Å². The van der Waals surface area contributed by atoms with E-state index in [1.54, 1.807) is 6.07 Å². The van der Waals surface area contributed by atoms with E-state index in [0.29, 0.717) is 10.7 Å². The van der Waals surface area contributed by atoms with Gasteiger partial charge in [-0.2, -0.15) is 0 Å². The Hall–Kier alpha value is -3.24. The zero-order valence-electron chi connectivity index (χ0n) is 19.1. The van der Waals surface area contributed by atoms with Crippen LogP contribution in [-0.2, 0) is 6.54 Å². The molecule has 36 heavy (non-hydrogen) atoms. The molecule has 3 aromatic rings. The molecule has 1 heterocycles. The number of thiocarbonyl (C=S) groups is 1. The number of benzene rings is 3. The SMILES string of the molecule is O=C(NC(=S)Nc1ccc(N2CCN(Cc3ccccc3Cl)CC2)c(Cl)c1)c1cccc([N+](=O)[O-])c1. The molecule has 0 bridgehead atoms. The lowest BCUT2D eigenvalue weighted by Gasteiger charge is -2.36. The molecule has 0 atom stereocenters. The molecule has 11 heteroatoms. The highest BCUT2D eigenvalue weighted by molar-refractivity contribution is 7.80. The number of nitro groups is 1. The van der Waals surface area contributed by atoms with Crippen LogP contribution >= 0.6 is 35.4 Å². The number of carbonyl (C=O) groups excluding carboxylic acids is 1. The fraction of sp³-hybridized carbons (Fsp3) is 0.200. The number of hydrogen-bond donors (Lipinski definition) is 2. The van der Waals surface area contributed by atoms with Crippen LogP contribution in [0.4, 0.5) is 17.1 Å². The Morgan fingerprint density at radius 1 is 0.972 bits per heavy atom. The number of nitrogens with zero attached hydrogens (tertiary/aromatic N) is 3. The van der Waals surface area contributed by atoms with E-state index in [0.717, 1.165) is 49.0 Å². The van der Waals surface area contributed by atoms with Crippen molar-refractivity contribution in [1.82, 2.24) is 10.2 Å². The Labute approximate surface area is 223 Å². The maximum Gasteiger partial charge on any atom is 0.270 e. The maximum atomic E-state index is 12.4. The molecule has 1 aliphatic rings. The summed E-state index contributed by atoms with van der Waals surface area (Å²) in [5, 5.41) is 17.8. The molecule has 186 valence electrons. The number of carbonyl (C=O) groups is 1. The Morgan fingerprint density at radius 2 is 1.72 bits per heavy atom. The van der Waals surface area contributed by atoms with Gasteiger partial charge >= 0.3 is 0 Å². The highest BCUT2D eigenvalue weighted by atomic mass is 35.5. The van der Waals surface area contributed by atoms with E-state index in [1.807, 2.05) is 36.4 Å². The van der Waals surface area contributed by atoms with Crippen LogP contribution in [0.15, 0.2) is 66.7 Å². The summed E-state index contributed by atoms with van der Waals surface area (Å²) in [6.45, 7) is 4.23. The molecule has 0 aromatic heterocycles. The number of rotatable bonds is 6. The number of piperazine rings is 1. The van der Waals surface area contributed by atoms with Crippen molar-refractivity contribution in [2.75, 3.05) is 36.4 Å². The van der Waals surface area contributed by atoms with Crippen molar-refractivity contribution in [3.8, 4) is 0 Å². The van der Waals surface area contributed by atoms with Gasteiger partial charge in [-0.15, -0.1) is 0 Å². The molecule has 1 amide bonds. The molecule has 8 nitrogen and oxygen atoms in total. The minimum atomic E-state index is -0.560. The lowest BCUT2D eigenvalue weighted by molar-refractivity contribution is -0.384. The summed E-state index contributed by atoms with van der Waals surface area (Å²) in [7, 11) is 0. The summed E-state index contributed by atoms with van der Waals surface area (Å²) in [6.07, 6.45) is 0. The Morgan fingerprint density at radius 3 is 2.42 bits per heavy atom. The monoisotopic (exact) mass is 543 g/mol. The van der Waals surface area contributed by atoms with Crippen molar-refractivity contribution in [3.63, 3.8) is 0 Å². The third-order valence-electron chi connectivity index (χ3n) is 5.82. The molecule has 2 N–H and O–H groups in total. The van der Waals surface area contributed by atoms with Crippen molar-refractivity contribution in [2.45, 2.75) is 6.54 Å². The number of nitro benzene ring substituents is 1. The summed E-state index contributed by atoms with van der Waals surface area (Å²) in [5.41, 5.74) is 2.62. The van der Waals surface area contributed by atoms with Gasteiger partial charge in [0.2, 0.25) is 0 Å². The van der Waals surface area contributed by atoms with Crippen LogP contribution in [-0.4, -0.2) is 47.0 Å².